The highest BCUT2D eigenvalue weighted by Crippen LogP contribution is 2.21. The molecule has 0 spiro atoms. The molecule has 0 N–H and O–H groups in total. The molecule has 0 saturated heterocycles. The first-order chi connectivity index (χ1) is 8.74. The van der Waals surface area contributed by atoms with Gasteiger partial charge in [0.05, 0.1) is 24.0 Å². The average Bonchev–Trinajstić information content (AvgIpc) is 2.46. The van der Waals surface area contributed by atoms with Crippen molar-refractivity contribution in [2.24, 2.45) is 0 Å². The molecule has 0 atom stereocenters. The Morgan fingerprint density at radius 3 is 2.56 bits per heavy atom. The molecule has 0 unspecified atom stereocenters. The molecule has 2 rings (SSSR count). The van der Waals surface area contributed by atoms with Gasteiger partial charge in [0.2, 0.25) is 0 Å². The Morgan fingerprint density at radius 1 is 1.11 bits per heavy atom. The van der Waals surface area contributed by atoms with Crippen molar-refractivity contribution in [1.29, 1.82) is 10.5 Å². The summed E-state index contributed by atoms with van der Waals surface area (Å²) >= 11 is 0. The molecule has 5 nitrogen and oxygen atoms in total. The van der Waals surface area contributed by atoms with Crippen LogP contribution in [0.15, 0.2) is 36.7 Å². The van der Waals surface area contributed by atoms with Gasteiger partial charge >= 0.3 is 0 Å². The third kappa shape index (κ3) is 2.26. The molecule has 18 heavy (non-hydrogen) atoms. The number of hydrogen-bond donors (Lipinski definition) is 0. The maximum Gasteiger partial charge on any atom is 0.158 e. The fraction of sp³-hybridized carbons (Fsp3) is 0.0769. The Hall–Kier alpha value is -2.92. The number of nitrogens with zero attached hydrogens (tertiary/aromatic N) is 5. The van der Waals surface area contributed by atoms with Crippen LogP contribution in [0.1, 0.15) is 11.3 Å². The van der Waals surface area contributed by atoms with Crippen molar-refractivity contribution in [3.8, 4) is 12.1 Å². The van der Waals surface area contributed by atoms with Gasteiger partial charge in [-0.25, -0.2) is 9.97 Å². The maximum atomic E-state index is 8.85. The molecule has 0 fully saturated rings. The van der Waals surface area contributed by atoms with Crippen LogP contribution in [0.2, 0.25) is 0 Å². The second-order valence-corrected chi connectivity index (χ2v) is 3.59. The first kappa shape index (κ1) is 11.6. The van der Waals surface area contributed by atoms with Gasteiger partial charge in [-0.1, -0.05) is 6.07 Å². The number of aromatic nitrogens is 2. The van der Waals surface area contributed by atoms with Crippen LogP contribution in [0.3, 0.4) is 0 Å². The Morgan fingerprint density at radius 2 is 1.94 bits per heavy atom. The molecule has 0 bridgehead atoms. The van der Waals surface area contributed by atoms with E-state index in [1.54, 1.807) is 17.0 Å². The van der Waals surface area contributed by atoms with Crippen molar-refractivity contribution in [2.75, 3.05) is 11.9 Å². The molecule has 0 amide bonds. The lowest BCUT2D eigenvalue weighted by Gasteiger charge is -2.17. The van der Waals surface area contributed by atoms with Gasteiger partial charge in [-0.3, -0.25) is 0 Å². The molecule has 0 aliphatic carbocycles. The van der Waals surface area contributed by atoms with Crippen LogP contribution < -0.4 is 4.90 Å². The molecule has 1 aromatic carbocycles. The van der Waals surface area contributed by atoms with Crippen molar-refractivity contribution in [2.45, 2.75) is 0 Å². The van der Waals surface area contributed by atoms with E-state index in [-0.39, 0.29) is 5.69 Å². The minimum atomic E-state index is 0.276. The minimum Gasteiger partial charge on any atom is -0.328 e. The normalized spacial score (nSPS) is 9.28. The van der Waals surface area contributed by atoms with E-state index in [9.17, 15) is 0 Å². The Balaban J connectivity index is 2.32. The molecule has 0 radical (unpaired) electrons. The summed E-state index contributed by atoms with van der Waals surface area (Å²) in [4.78, 5) is 9.90. The summed E-state index contributed by atoms with van der Waals surface area (Å²) in [5.41, 5.74) is 1.70. The zero-order valence-corrected chi connectivity index (χ0v) is 9.70. The van der Waals surface area contributed by atoms with E-state index in [0.29, 0.717) is 11.4 Å². The fourth-order valence-electron chi connectivity index (χ4n) is 1.47. The first-order valence-corrected chi connectivity index (χ1v) is 5.20. The Kier molecular flexibility index (Phi) is 3.17. The predicted octanol–water partition coefficient (Wildman–Crippen LogP) is 1.99. The molecule has 2 aromatic rings. The highest BCUT2D eigenvalue weighted by molar-refractivity contribution is 5.60. The number of rotatable bonds is 2. The molecule has 0 aliphatic heterocycles. The topological polar surface area (TPSA) is 76.6 Å². The van der Waals surface area contributed by atoms with E-state index in [4.69, 9.17) is 10.5 Å². The van der Waals surface area contributed by atoms with Gasteiger partial charge in [-0.05, 0) is 18.2 Å². The fourth-order valence-corrected chi connectivity index (χ4v) is 1.47. The molecule has 1 heterocycles. The van der Waals surface area contributed by atoms with Gasteiger partial charge < -0.3 is 4.90 Å². The van der Waals surface area contributed by atoms with Gasteiger partial charge in [0.1, 0.15) is 6.07 Å². The molecular formula is C13H9N5. The summed E-state index contributed by atoms with van der Waals surface area (Å²) < 4.78 is 0. The van der Waals surface area contributed by atoms with Gasteiger partial charge in [-0.2, -0.15) is 10.5 Å². The standard InChI is InChI=1S/C13H9N5/c1-18(12-4-2-3-10(5-12)6-14)13-9-16-11(7-15)8-17-13/h2-5,8-9H,1H3. The molecule has 0 saturated carbocycles. The summed E-state index contributed by atoms with van der Waals surface area (Å²) in [5, 5.41) is 17.5. The van der Waals surface area contributed by atoms with Crippen molar-refractivity contribution < 1.29 is 0 Å². The van der Waals surface area contributed by atoms with Crippen LogP contribution >= 0.6 is 0 Å². The van der Waals surface area contributed by atoms with E-state index < -0.39 is 0 Å². The van der Waals surface area contributed by atoms with Gasteiger partial charge in [0.15, 0.2) is 11.5 Å². The second kappa shape index (κ2) is 4.94. The van der Waals surface area contributed by atoms with Gasteiger partial charge in [0.25, 0.3) is 0 Å². The average molecular weight is 235 g/mol. The zero-order valence-electron chi connectivity index (χ0n) is 9.70. The van der Waals surface area contributed by atoms with Crippen molar-refractivity contribution >= 4 is 11.5 Å². The Bertz CT molecular complexity index is 634. The van der Waals surface area contributed by atoms with Crippen molar-refractivity contribution in [3.05, 3.63) is 47.9 Å². The molecule has 5 heteroatoms. The summed E-state index contributed by atoms with van der Waals surface area (Å²) in [6.07, 6.45) is 2.94. The highest BCUT2D eigenvalue weighted by atomic mass is 15.2. The quantitative estimate of drug-likeness (QED) is 0.795. The number of anilines is 2. The zero-order chi connectivity index (χ0) is 13.0. The van der Waals surface area contributed by atoms with E-state index >= 15 is 0 Å². The lowest BCUT2D eigenvalue weighted by molar-refractivity contribution is 1.07. The summed E-state index contributed by atoms with van der Waals surface area (Å²) in [7, 11) is 1.83. The number of nitriles is 2. The summed E-state index contributed by atoms with van der Waals surface area (Å²) in [6.45, 7) is 0. The van der Waals surface area contributed by atoms with Crippen molar-refractivity contribution in [3.63, 3.8) is 0 Å². The summed E-state index contributed by atoms with van der Waals surface area (Å²) in [6, 6.07) is 11.2. The van der Waals surface area contributed by atoms with Crippen LogP contribution in [0.4, 0.5) is 11.5 Å². The van der Waals surface area contributed by atoms with Crippen LogP contribution in [-0.2, 0) is 0 Å². The maximum absolute atomic E-state index is 8.85. The van der Waals surface area contributed by atoms with Crippen LogP contribution in [0, 0.1) is 22.7 Å². The van der Waals surface area contributed by atoms with E-state index in [0.717, 1.165) is 5.69 Å². The largest absolute Gasteiger partial charge is 0.328 e. The number of benzene rings is 1. The SMILES string of the molecule is CN(c1cccc(C#N)c1)c1cnc(C#N)cn1. The van der Waals surface area contributed by atoms with E-state index in [2.05, 4.69) is 16.0 Å². The summed E-state index contributed by atoms with van der Waals surface area (Å²) in [5.74, 6) is 0.615. The third-order valence-corrected chi connectivity index (χ3v) is 2.46. The minimum absolute atomic E-state index is 0.276. The van der Waals surface area contributed by atoms with Gasteiger partial charge in [0, 0.05) is 12.7 Å². The highest BCUT2D eigenvalue weighted by Gasteiger charge is 2.06. The molecular weight excluding hydrogens is 226 g/mol. The van der Waals surface area contributed by atoms with Crippen LogP contribution in [-0.4, -0.2) is 17.0 Å². The molecule has 1 aromatic heterocycles. The monoisotopic (exact) mass is 235 g/mol. The van der Waals surface area contributed by atoms with Crippen molar-refractivity contribution in [1.82, 2.24) is 9.97 Å². The van der Waals surface area contributed by atoms with Gasteiger partial charge in [-0.15, -0.1) is 0 Å². The predicted molar refractivity (Wildman–Crippen MR) is 66.0 cm³/mol. The van der Waals surface area contributed by atoms with Crippen LogP contribution in [0.5, 0.6) is 0 Å². The lowest BCUT2D eigenvalue weighted by atomic mass is 10.2. The first-order valence-electron chi connectivity index (χ1n) is 5.20. The smallest absolute Gasteiger partial charge is 0.158 e. The molecule has 86 valence electrons. The lowest BCUT2D eigenvalue weighted by Crippen LogP contribution is -2.11. The van der Waals surface area contributed by atoms with E-state index in [1.807, 2.05) is 25.2 Å². The Labute approximate surface area is 105 Å². The number of hydrogen-bond acceptors (Lipinski definition) is 5. The molecule has 0 aliphatic rings. The second-order valence-electron chi connectivity index (χ2n) is 3.59. The van der Waals surface area contributed by atoms with Crippen LogP contribution in [0.25, 0.3) is 0 Å². The third-order valence-electron chi connectivity index (χ3n) is 2.46. The van der Waals surface area contributed by atoms with E-state index in [1.165, 1.54) is 12.4 Å².